The number of halogens is 1. The lowest BCUT2D eigenvalue weighted by molar-refractivity contribution is 0.101. The van der Waals surface area contributed by atoms with E-state index in [9.17, 15) is 4.79 Å². The van der Waals surface area contributed by atoms with Crippen molar-refractivity contribution in [2.75, 3.05) is 5.75 Å². The Hall–Kier alpha value is -0.290. The lowest BCUT2D eigenvalue weighted by atomic mass is 10.3. The predicted molar refractivity (Wildman–Crippen MR) is 67.4 cm³/mol. The van der Waals surface area contributed by atoms with Crippen LogP contribution in [0.1, 0.15) is 31.3 Å². The second-order valence-corrected chi connectivity index (χ2v) is 6.95. The summed E-state index contributed by atoms with van der Waals surface area (Å²) in [5.41, 5.74) is 0.645. The Morgan fingerprint density at radius 1 is 1.60 bits per heavy atom. The van der Waals surface area contributed by atoms with Crippen molar-refractivity contribution in [1.29, 1.82) is 0 Å². The van der Waals surface area contributed by atoms with Gasteiger partial charge in [-0.3, -0.25) is 9.48 Å². The fraction of sp³-hybridized carbons (Fsp3) is 0.600. The maximum atomic E-state index is 11.9. The molecule has 0 radical (unpaired) electrons. The minimum atomic E-state index is 0.112. The molecule has 1 heterocycles. The maximum absolute atomic E-state index is 11.9. The molecule has 0 aliphatic rings. The van der Waals surface area contributed by atoms with Crippen molar-refractivity contribution in [2.45, 2.75) is 25.5 Å². The Balaban J connectivity index is 2.70. The summed E-state index contributed by atoms with van der Waals surface area (Å²) in [6, 6.07) is 0. The molecule has 0 saturated heterocycles. The summed E-state index contributed by atoms with van der Waals surface area (Å²) in [4.78, 5) is 11.9. The van der Waals surface area contributed by atoms with Gasteiger partial charge in [0.2, 0.25) is 0 Å². The molecular formula is C10H15BrN2OS. The zero-order valence-corrected chi connectivity index (χ0v) is 11.8. The largest absolute Gasteiger partial charge is 0.291 e. The molecule has 0 amide bonds. The highest BCUT2D eigenvalue weighted by atomic mass is 79.9. The topological polar surface area (TPSA) is 34.9 Å². The van der Waals surface area contributed by atoms with E-state index in [4.69, 9.17) is 0 Å². The number of hydrogen-bond acceptors (Lipinski definition) is 3. The standard InChI is InChI=1S/C10H15BrN2OS/c1-10(2,3)15-6-8(14)9-7(11)5-12-13(9)4/h5H,6H2,1-4H3. The minimum Gasteiger partial charge on any atom is -0.291 e. The van der Waals surface area contributed by atoms with Crippen molar-refractivity contribution in [3.63, 3.8) is 0 Å². The summed E-state index contributed by atoms with van der Waals surface area (Å²) in [5.74, 6) is 0.601. The summed E-state index contributed by atoms with van der Waals surface area (Å²) >= 11 is 4.97. The van der Waals surface area contributed by atoms with Crippen LogP contribution in [0.4, 0.5) is 0 Å². The maximum Gasteiger partial charge on any atom is 0.191 e. The summed E-state index contributed by atoms with van der Waals surface area (Å²) in [7, 11) is 1.78. The van der Waals surface area contributed by atoms with Crippen molar-refractivity contribution in [1.82, 2.24) is 9.78 Å². The Labute approximate surface area is 103 Å². The molecule has 0 N–H and O–H groups in total. The first-order chi connectivity index (χ1) is 6.81. The molecule has 0 saturated carbocycles. The second kappa shape index (κ2) is 4.70. The number of hydrogen-bond donors (Lipinski definition) is 0. The molecule has 1 aromatic heterocycles. The van der Waals surface area contributed by atoms with E-state index in [2.05, 4.69) is 41.8 Å². The average Bonchev–Trinajstić information content (AvgIpc) is 2.41. The summed E-state index contributed by atoms with van der Waals surface area (Å²) < 4.78 is 2.49. The van der Waals surface area contributed by atoms with Gasteiger partial charge in [-0.1, -0.05) is 20.8 Å². The van der Waals surface area contributed by atoms with Gasteiger partial charge in [-0.15, -0.1) is 11.8 Å². The highest BCUT2D eigenvalue weighted by Gasteiger charge is 2.18. The number of Topliss-reactive ketones (excluding diaryl/α,β-unsaturated/α-hetero) is 1. The molecule has 0 aliphatic carbocycles. The fourth-order valence-corrected chi connectivity index (χ4v) is 2.34. The van der Waals surface area contributed by atoms with Crippen molar-refractivity contribution in [3.05, 3.63) is 16.4 Å². The average molecular weight is 291 g/mol. The monoisotopic (exact) mass is 290 g/mol. The van der Waals surface area contributed by atoms with E-state index in [-0.39, 0.29) is 10.5 Å². The van der Waals surface area contributed by atoms with E-state index >= 15 is 0 Å². The van der Waals surface area contributed by atoms with Gasteiger partial charge in [0, 0.05) is 11.8 Å². The quantitative estimate of drug-likeness (QED) is 0.803. The summed E-state index contributed by atoms with van der Waals surface area (Å²) in [5, 5.41) is 4.02. The first-order valence-corrected chi connectivity index (χ1v) is 6.44. The van der Waals surface area contributed by atoms with Crippen LogP contribution in [-0.2, 0) is 7.05 Å². The smallest absolute Gasteiger partial charge is 0.191 e. The zero-order chi connectivity index (χ0) is 11.6. The molecule has 5 heteroatoms. The van der Waals surface area contributed by atoms with E-state index in [0.29, 0.717) is 11.4 Å². The third-order valence-electron chi connectivity index (χ3n) is 1.79. The molecule has 1 aromatic rings. The van der Waals surface area contributed by atoms with Crippen LogP contribution in [0.3, 0.4) is 0 Å². The number of nitrogens with zero attached hydrogens (tertiary/aromatic N) is 2. The van der Waals surface area contributed by atoms with Gasteiger partial charge in [0.1, 0.15) is 5.69 Å². The van der Waals surface area contributed by atoms with Crippen LogP contribution in [0.15, 0.2) is 10.7 Å². The molecule has 0 spiro atoms. The molecular weight excluding hydrogens is 276 g/mol. The highest BCUT2D eigenvalue weighted by molar-refractivity contribution is 9.10. The molecule has 0 unspecified atom stereocenters. The number of ketones is 1. The van der Waals surface area contributed by atoms with Gasteiger partial charge >= 0.3 is 0 Å². The van der Waals surface area contributed by atoms with E-state index in [1.807, 2.05) is 0 Å². The van der Waals surface area contributed by atoms with Crippen molar-refractivity contribution in [2.24, 2.45) is 7.05 Å². The van der Waals surface area contributed by atoms with E-state index in [1.54, 1.807) is 29.7 Å². The van der Waals surface area contributed by atoms with E-state index in [0.717, 1.165) is 4.47 Å². The van der Waals surface area contributed by atoms with Crippen molar-refractivity contribution >= 4 is 33.5 Å². The first-order valence-electron chi connectivity index (χ1n) is 4.66. The van der Waals surface area contributed by atoms with Crippen LogP contribution < -0.4 is 0 Å². The molecule has 1 rings (SSSR count). The molecule has 3 nitrogen and oxygen atoms in total. The van der Waals surface area contributed by atoms with Crippen molar-refractivity contribution in [3.8, 4) is 0 Å². The lowest BCUT2D eigenvalue weighted by Crippen LogP contribution is -2.15. The fourth-order valence-electron chi connectivity index (χ4n) is 1.07. The number of rotatable bonds is 3. The summed E-state index contributed by atoms with van der Waals surface area (Å²) in [6.07, 6.45) is 1.65. The van der Waals surface area contributed by atoms with Gasteiger partial charge in [-0.25, -0.2) is 0 Å². The SMILES string of the molecule is Cn1ncc(Br)c1C(=O)CSC(C)(C)C. The number of carbonyl (C=O) groups excluding carboxylic acids is 1. The Morgan fingerprint density at radius 2 is 2.20 bits per heavy atom. The zero-order valence-electron chi connectivity index (χ0n) is 9.37. The molecule has 0 atom stereocenters. The van der Waals surface area contributed by atoms with Gasteiger partial charge in [0.05, 0.1) is 16.4 Å². The third-order valence-corrected chi connectivity index (χ3v) is 3.65. The lowest BCUT2D eigenvalue weighted by Gasteiger charge is -2.16. The van der Waals surface area contributed by atoms with Crippen LogP contribution in [0.2, 0.25) is 0 Å². The van der Waals surface area contributed by atoms with Crippen LogP contribution >= 0.6 is 27.7 Å². The van der Waals surface area contributed by atoms with Gasteiger partial charge < -0.3 is 0 Å². The Morgan fingerprint density at radius 3 is 2.60 bits per heavy atom. The van der Waals surface area contributed by atoms with Crippen LogP contribution in [0.5, 0.6) is 0 Å². The number of aryl methyl sites for hydroxylation is 1. The highest BCUT2D eigenvalue weighted by Crippen LogP contribution is 2.25. The Bertz CT molecular complexity index is 348. The molecule has 0 aromatic carbocycles. The second-order valence-electron chi connectivity index (χ2n) is 4.29. The van der Waals surface area contributed by atoms with Crippen LogP contribution in [-0.4, -0.2) is 26.1 Å². The van der Waals surface area contributed by atoms with E-state index < -0.39 is 0 Å². The predicted octanol–water partition coefficient (Wildman–Crippen LogP) is 2.90. The molecule has 0 fully saturated rings. The van der Waals surface area contributed by atoms with E-state index in [1.165, 1.54) is 0 Å². The Kier molecular flexibility index (Phi) is 4.00. The number of aromatic nitrogens is 2. The number of thioether (sulfide) groups is 1. The molecule has 15 heavy (non-hydrogen) atoms. The molecule has 84 valence electrons. The van der Waals surface area contributed by atoms with Gasteiger partial charge in [0.15, 0.2) is 5.78 Å². The van der Waals surface area contributed by atoms with Crippen LogP contribution in [0, 0.1) is 0 Å². The third kappa shape index (κ3) is 3.65. The van der Waals surface area contributed by atoms with Gasteiger partial charge in [-0.05, 0) is 15.9 Å². The first kappa shape index (κ1) is 12.8. The van der Waals surface area contributed by atoms with Gasteiger partial charge in [0.25, 0.3) is 0 Å². The molecule has 0 aliphatic heterocycles. The number of carbonyl (C=O) groups is 1. The normalized spacial score (nSPS) is 11.8. The summed E-state index contributed by atoms with van der Waals surface area (Å²) in [6.45, 7) is 6.30. The van der Waals surface area contributed by atoms with Gasteiger partial charge in [-0.2, -0.15) is 5.10 Å². The van der Waals surface area contributed by atoms with Crippen LogP contribution in [0.25, 0.3) is 0 Å². The van der Waals surface area contributed by atoms with Crippen molar-refractivity contribution < 1.29 is 4.79 Å². The minimum absolute atomic E-state index is 0.112. The molecule has 0 bridgehead atoms.